The topological polar surface area (TPSA) is 61.9 Å². The quantitative estimate of drug-likeness (QED) is 0.852. The van der Waals surface area contributed by atoms with Crippen LogP contribution in [0.4, 0.5) is 0 Å². The van der Waals surface area contributed by atoms with Gasteiger partial charge < -0.3 is 4.90 Å². The van der Waals surface area contributed by atoms with E-state index in [0.29, 0.717) is 5.16 Å². The molecule has 1 aromatic carbocycles. The molecule has 94 valence electrons. The van der Waals surface area contributed by atoms with E-state index in [-0.39, 0.29) is 11.2 Å². The number of nitrogens with zero attached hydrogens (tertiary/aromatic N) is 3. The number of hydrogen-bond donors (Lipinski definition) is 1. The van der Waals surface area contributed by atoms with Crippen LogP contribution in [-0.2, 0) is 4.79 Å². The molecule has 0 spiro atoms. The second-order valence-electron chi connectivity index (χ2n) is 3.93. The number of likely N-dealkylation sites (N-methyl/N-ethyl adjacent to an activating group) is 1. The zero-order valence-electron chi connectivity index (χ0n) is 10.2. The Kier molecular flexibility index (Phi) is 3.99. The third-order valence-corrected chi connectivity index (χ3v) is 3.52. The Hall–Kier alpha value is -1.82. The highest BCUT2D eigenvalue weighted by Crippen LogP contribution is 2.34. The summed E-state index contributed by atoms with van der Waals surface area (Å²) in [7, 11) is 3.50. The number of amides is 1. The van der Waals surface area contributed by atoms with Crippen LogP contribution in [-0.4, -0.2) is 40.1 Å². The van der Waals surface area contributed by atoms with E-state index in [9.17, 15) is 4.79 Å². The van der Waals surface area contributed by atoms with E-state index >= 15 is 0 Å². The van der Waals surface area contributed by atoms with E-state index < -0.39 is 0 Å². The molecule has 0 bridgehead atoms. The molecule has 6 heteroatoms. The standard InChI is InChI=1S/C12H14N4OS/c1-16(2)11(17)10(9-6-4-3-5-7-9)18-12-13-8-14-15-12/h3-8,10H,1-2H3,(H,13,14,15)/t10-/m1/s1. The zero-order chi connectivity index (χ0) is 13.0. The van der Waals surface area contributed by atoms with E-state index in [1.165, 1.54) is 18.1 Å². The van der Waals surface area contributed by atoms with Gasteiger partial charge in [0.25, 0.3) is 0 Å². The summed E-state index contributed by atoms with van der Waals surface area (Å²) in [4.78, 5) is 17.8. The lowest BCUT2D eigenvalue weighted by Crippen LogP contribution is -2.26. The van der Waals surface area contributed by atoms with Gasteiger partial charge in [0.2, 0.25) is 5.91 Å². The maximum absolute atomic E-state index is 12.2. The van der Waals surface area contributed by atoms with Gasteiger partial charge >= 0.3 is 0 Å². The molecule has 2 aromatic rings. The third kappa shape index (κ3) is 2.89. The maximum atomic E-state index is 12.2. The van der Waals surface area contributed by atoms with Crippen LogP contribution in [0.25, 0.3) is 0 Å². The lowest BCUT2D eigenvalue weighted by atomic mass is 10.1. The molecular weight excluding hydrogens is 248 g/mol. The predicted molar refractivity (Wildman–Crippen MR) is 70.1 cm³/mol. The third-order valence-electron chi connectivity index (χ3n) is 2.39. The number of rotatable bonds is 4. The average Bonchev–Trinajstić information content (AvgIpc) is 2.89. The fraction of sp³-hybridized carbons (Fsp3) is 0.250. The van der Waals surface area contributed by atoms with Crippen molar-refractivity contribution in [2.75, 3.05) is 14.1 Å². The molecule has 0 unspecified atom stereocenters. The molecule has 0 saturated heterocycles. The molecule has 2 rings (SSSR count). The summed E-state index contributed by atoms with van der Waals surface area (Å²) in [5, 5.41) is 6.88. The van der Waals surface area contributed by atoms with Gasteiger partial charge in [-0.2, -0.15) is 5.10 Å². The number of nitrogens with one attached hydrogen (secondary N) is 1. The fourth-order valence-corrected chi connectivity index (χ4v) is 2.53. The molecule has 1 N–H and O–H groups in total. The molecule has 0 aliphatic heterocycles. The van der Waals surface area contributed by atoms with Gasteiger partial charge in [0.15, 0.2) is 5.16 Å². The Balaban J connectivity index is 2.26. The van der Waals surface area contributed by atoms with Crippen molar-refractivity contribution in [1.29, 1.82) is 0 Å². The van der Waals surface area contributed by atoms with Crippen molar-refractivity contribution in [3.05, 3.63) is 42.2 Å². The van der Waals surface area contributed by atoms with Crippen molar-refractivity contribution in [3.63, 3.8) is 0 Å². The Morgan fingerprint density at radius 3 is 2.61 bits per heavy atom. The van der Waals surface area contributed by atoms with Crippen molar-refractivity contribution < 1.29 is 4.79 Å². The summed E-state index contributed by atoms with van der Waals surface area (Å²) >= 11 is 1.36. The number of aromatic amines is 1. The normalized spacial score (nSPS) is 12.1. The lowest BCUT2D eigenvalue weighted by molar-refractivity contribution is -0.128. The number of carbonyl (C=O) groups is 1. The number of H-pyrrole nitrogens is 1. The molecular formula is C12H14N4OS. The van der Waals surface area contributed by atoms with Crippen LogP contribution in [0.1, 0.15) is 10.8 Å². The molecule has 0 saturated carbocycles. The van der Waals surface area contributed by atoms with Crippen LogP contribution in [0.15, 0.2) is 41.8 Å². The summed E-state index contributed by atoms with van der Waals surface area (Å²) < 4.78 is 0. The molecule has 1 atom stereocenters. The molecule has 0 aliphatic rings. The number of aromatic nitrogens is 3. The second kappa shape index (κ2) is 5.68. The van der Waals surface area contributed by atoms with Gasteiger partial charge in [0.05, 0.1) is 0 Å². The van der Waals surface area contributed by atoms with Crippen LogP contribution in [0.3, 0.4) is 0 Å². The van der Waals surface area contributed by atoms with Crippen molar-refractivity contribution >= 4 is 17.7 Å². The van der Waals surface area contributed by atoms with Gasteiger partial charge in [-0.15, -0.1) is 0 Å². The maximum Gasteiger partial charge on any atom is 0.240 e. The number of thioether (sulfide) groups is 1. The molecule has 0 aliphatic carbocycles. The highest BCUT2D eigenvalue weighted by molar-refractivity contribution is 8.00. The van der Waals surface area contributed by atoms with Gasteiger partial charge in [0.1, 0.15) is 11.6 Å². The zero-order valence-corrected chi connectivity index (χ0v) is 11.0. The number of carbonyl (C=O) groups excluding carboxylic acids is 1. The molecule has 0 fully saturated rings. The molecule has 1 heterocycles. The Morgan fingerprint density at radius 1 is 1.33 bits per heavy atom. The minimum atomic E-state index is -0.311. The van der Waals surface area contributed by atoms with Crippen LogP contribution < -0.4 is 0 Å². The van der Waals surface area contributed by atoms with Crippen LogP contribution in [0, 0.1) is 0 Å². The molecule has 1 aromatic heterocycles. The average molecular weight is 262 g/mol. The highest BCUT2D eigenvalue weighted by Gasteiger charge is 2.24. The van der Waals surface area contributed by atoms with E-state index in [1.807, 2.05) is 30.3 Å². The molecule has 0 radical (unpaired) electrons. The first-order valence-corrected chi connectivity index (χ1v) is 6.34. The summed E-state index contributed by atoms with van der Waals surface area (Å²) in [5.41, 5.74) is 0.956. The number of benzene rings is 1. The highest BCUT2D eigenvalue weighted by atomic mass is 32.2. The van der Waals surface area contributed by atoms with Crippen molar-refractivity contribution in [2.45, 2.75) is 10.4 Å². The molecule has 18 heavy (non-hydrogen) atoms. The first-order valence-electron chi connectivity index (χ1n) is 5.46. The minimum Gasteiger partial charge on any atom is -0.348 e. The summed E-state index contributed by atoms with van der Waals surface area (Å²) in [6.07, 6.45) is 1.44. The van der Waals surface area contributed by atoms with Gasteiger partial charge in [-0.1, -0.05) is 42.1 Å². The fourth-order valence-electron chi connectivity index (χ4n) is 1.49. The van der Waals surface area contributed by atoms with Crippen LogP contribution in [0.5, 0.6) is 0 Å². The Labute approximate surface area is 110 Å². The smallest absolute Gasteiger partial charge is 0.240 e. The Morgan fingerprint density at radius 2 is 2.06 bits per heavy atom. The monoisotopic (exact) mass is 262 g/mol. The van der Waals surface area contributed by atoms with Crippen molar-refractivity contribution in [1.82, 2.24) is 20.1 Å². The summed E-state index contributed by atoms with van der Waals surface area (Å²) in [6.45, 7) is 0. The van der Waals surface area contributed by atoms with Crippen LogP contribution in [0.2, 0.25) is 0 Å². The van der Waals surface area contributed by atoms with E-state index in [0.717, 1.165) is 5.56 Å². The largest absolute Gasteiger partial charge is 0.348 e. The van der Waals surface area contributed by atoms with Gasteiger partial charge in [-0.3, -0.25) is 9.89 Å². The SMILES string of the molecule is CN(C)C(=O)[C@H](Sc1ncn[nH]1)c1ccccc1. The summed E-state index contributed by atoms with van der Waals surface area (Å²) in [6, 6.07) is 9.66. The van der Waals surface area contributed by atoms with E-state index in [1.54, 1.807) is 19.0 Å². The van der Waals surface area contributed by atoms with Gasteiger partial charge in [0, 0.05) is 14.1 Å². The second-order valence-corrected chi connectivity index (χ2v) is 5.03. The summed E-state index contributed by atoms with van der Waals surface area (Å²) in [5.74, 6) is 0.0302. The van der Waals surface area contributed by atoms with Gasteiger partial charge in [-0.05, 0) is 5.56 Å². The van der Waals surface area contributed by atoms with Crippen molar-refractivity contribution in [3.8, 4) is 0 Å². The van der Waals surface area contributed by atoms with E-state index in [2.05, 4.69) is 15.2 Å². The first-order chi connectivity index (χ1) is 8.68. The van der Waals surface area contributed by atoms with Crippen LogP contribution >= 0.6 is 11.8 Å². The predicted octanol–water partition coefficient (Wildman–Crippen LogP) is 1.73. The van der Waals surface area contributed by atoms with Gasteiger partial charge in [-0.25, -0.2) is 4.98 Å². The van der Waals surface area contributed by atoms with Crippen molar-refractivity contribution in [2.24, 2.45) is 0 Å². The number of hydrogen-bond acceptors (Lipinski definition) is 4. The minimum absolute atomic E-state index is 0.0302. The lowest BCUT2D eigenvalue weighted by Gasteiger charge is -2.19. The molecule has 1 amide bonds. The molecule has 5 nitrogen and oxygen atoms in total. The first kappa shape index (κ1) is 12.6. The Bertz CT molecular complexity index is 498. The van der Waals surface area contributed by atoms with E-state index in [4.69, 9.17) is 0 Å².